The second kappa shape index (κ2) is 8.78. The van der Waals surface area contributed by atoms with E-state index in [0.29, 0.717) is 19.4 Å². The lowest BCUT2D eigenvalue weighted by molar-refractivity contribution is -0.121. The summed E-state index contributed by atoms with van der Waals surface area (Å²) in [6, 6.07) is 9.55. The summed E-state index contributed by atoms with van der Waals surface area (Å²) in [6.07, 6.45) is 5.39. The van der Waals surface area contributed by atoms with Crippen molar-refractivity contribution >= 4 is 5.91 Å². The molecule has 0 aliphatic rings. The number of benzene rings is 1. The number of methoxy groups -OCH3 is 2. The van der Waals surface area contributed by atoms with Crippen molar-refractivity contribution in [3.63, 3.8) is 0 Å². The molecule has 1 amide bonds. The molecule has 0 spiro atoms. The summed E-state index contributed by atoms with van der Waals surface area (Å²) in [7, 11) is 3.25. The smallest absolute Gasteiger partial charge is 0.220 e. The minimum Gasteiger partial charge on any atom is -0.497 e. The molecule has 5 nitrogen and oxygen atoms in total. The minimum absolute atomic E-state index is 0.0503. The number of aryl methyl sites for hydroxylation is 1. The van der Waals surface area contributed by atoms with Crippen LogP contribution < -0.4 is 14.8 Å². The van der Waals surface area contributed by atoms with Gasteiger partial charge in [-0.2, -0.15) is 0 Å². The van der Waals surface area contributed by atoms with E-state index in [2.05, 4.69) is 10.3 Å². The van der Waals surface area contributed by atoms with Crippen LogP contribution >= 0.6 is 0 Å². The lowest BCUT2D eigenvalue weighted by atomic mass is 10.1. The zero-order valence-electron chi connectivity index (χ0n) is 13.5. The van der Waals surface area contributed by atoms with Crippen LogP contribution in [0.1, 0.15) is 17.5 Å². The fourth-order valence-corrected chi connectivity index (χ4v) is 2.29. The zero-order chi connectivity index (χ0) is 16.5. The Morgan fingerprint density at radius 1 is 1.09 bits per heavy atom. The van der Waals surface area contributed by atoms with Gasteiger partial charge >= 0.3 is 0 Å². The normalized spacial score (nSPS) is 10.2. The van der Waals surface area contributed by atoms with Gasteiger partial charge in [-0.25, -0.2) is 0 Å². The maximum Gasteiger partial charge on any atom is 0.220 e. The van der Waals surface area contributed by atoms with Crippen molar-refractivity contribution in [1.82, 2.24) is 10.3 Å². The van der Waals surface area contributed by atoms with Crippen LogP contribution in [0.25, 0.3) is 0 Å². The van der Waals surface area contributed by atoms with Crippen LogP contribution in [0, 0.1) is 0 Å². The van der Waals surface area contributed by atoms with E-state index in [4.69, 9.17) is 9.47 Å². The molecule has 0 atom stereocenters. The van der Waals surface area contributed by atoms with Crippen molar-refractivity contribution in [2.75, 3.05) is 20.8 Å². The summed E-state index contributed by atoms with van der Waals surface area (Å²) < 4.78 is 10.5. The van der Waals surface area contributed by atoms with Gasteiger partial charge in [0.25, 0.3) is 0 Å². The molecule has 0 radical (unpaired) electrons. The van der Waals surface area contributed by atoms with E-state index in [0.717, 1.165) is 29.0 Å². The zero-order valence-corrected chi connectivity index (χ0v) is 13.5. The van der Waals surface area contributed by atoms with Crippen LogP contribution in [-0.2, 0) is 17.6 Å². The maximum atomic E-state index is 11.9. The van der Waals surface area contributed by atoms with Gasteiger partial charge < -0.3 is 14.8 Å². The minimum atomic E-state index is 0.0503. The topological polar surface area (TPSA) is 60.5 Å². The second-order valence-corrected chi connectivity index (χ2v) is 5.13. The first kappa shape index (κ1) is 16.8. The van der Waals surface area contributed by atoms with Crippen molar-refractivity contribution in [1.29, 1.82) is 0 Å². The first-order valence-electron chi connectivity index (χ1n) is 7.59. The third-order valence-electron chi connectivity index (χ3n) is 3.60. The van der Waals surface area contributed by atoms with E-state index in [1.165, 1.54) is 0 Å². The van der Waals surface area contributed by atoms with E-state index in [-0.39, 0.29) is 5.91 Å². The number of nitrogens with zero attached hydrogens (tertiary/aromatic N) is 1. The highest BCUT2D eigenvalue weighted by atomic mass is 16.5. The Bertz CT molecular complexity index is 629. The van der Waals surface area contributed by atoms with Gasteiger partial charge in [-0.15, -0.1) is 0 Å². The lowest BCUT2D eigenvalue weighted by Gasteiger charge is -2.11. The van der Waals surface area contributed by atoms with Crippen molar-refractivity contribution < 1.29 is 14.3 Å². The van der Waals surface area contributed by atoms with Gasteiger partial charge in [0.1, 0.15) is 11.5 Å². The molecular weight excluding hydrogens is 292 g/mol. The highest BCUT2D eigenvalue weighted by molar-refractivity contribution is 5.76. The van der Waals surface area contributed by atoms with Crippen molar-refractivity contribution in [3.8, 4) is 11.5 Å². The summed E-state index contributed by atoms with van der Waals surface area (Å²) in [4.78, 5) is 15.8. The van der Waals surface area contributed by atoms with Gasteiger partial charge in [0, 0.05) is 31.4 Å². The fourth-order valence-electron chi connectivity index (χ4n) is 2.29. The number of carbonyl (C=O) groups is 1. The molecule has 0 aliphatic carbocycles. The van der Waals surface area contributed by atoms with Gasteiger partial charge in [0.05, 0.1) is 14.2 Å². The number of carbonyl (C=O) groups excluding carboxylic acids is 1. The van der Waals surface area contributed by atoms with E-state index < -0.39 is 0 Å². The number of rotatable bonds is 8. The molecule has 5 heteroatoms. The number of ether oxygens (including phenoxy) is 2. The fraction of sp³-hybridized carbons (Fsp3) is 0.333. The molecule has 2 rings (SSSR count). The van der Waals surface area contributed by atoms with Gasteiger partial charge in [0.2, 0.25) is 5.91 Å². The van der Waals surface area contributed by atoms with Gasteiger partial charge in [-0.3, -0.25) is 9.78 Å². The predicted molar refractivity (Wildman–Crippen MR) is 88.8 cm³/mol. The molecule has 0 fully saturated rings. The number of pyridine rings is 1. The Hall–Kier alpha value is -2.56. The van der Waals surface area contributed by atoms with Crippen LogP contribution in [-0.4, -0.2) is 31.7 Å². The highest BCUT2D eigenvalue weighted by Gasteiger charge is 2.06. The van der Waals surface area contributed by atoms with E-state index in [9.17, 15) is 4.79 Å². The molecular formula is C18H22N2O3. The average Bonchev–Trinajstić information content (AvgIpc) is 2.61. The largest absolute Gasteiger partial charge is 0.497 e. The Morgan fingerprint density at radius 3 is 2.57 bits per heavy atom. The van der Waals surface area contributed by atoms with Crippen LogP contribution in [0.4, 0.5) is 0 Å². The van der Waals surface area contributed by atoms with Crippen molar-refractivity contribution in [2.45, 2.75) is 19.3 Å². The van der Waals surface area contributed by atoms with E-state index >= 15 is 0 Å². The Labute approximate surface area is 136 Å². The summed E-state index contributed by atoms with van der Waals surface area (Å²) in [5, 5.41) is 2.94. The molecule has 2 aromatic rings. The number of hydrogen-bond donors (Lipinski definition) is 1. The molecule has 0 saturated carbocycles. The molecule has 122 valence electrons. The maximum absolute atomic E-state index is 11.9. The number of hydrogen-bond acceptors (Lipinski definition) is 4. The average molecular weight is 314 g/mol. The molecule has 1 aromatic heterocycles. The Kier molecular flexibility index (Phi) is 6.41. The first-order valence-corrected chi connectivity index (χ1v) is 7.59. The Balaban J connectivity index is 1.77. The lowest BCUT2D eigenvalue weighted by Crippen LogP contribution is -2.26. The summed E-state index contributed by atoms with van der Waals surface area (Å²) in [5.41, 5.74) is 2.16. The first-order chi connectivity index (χ1) is 11.2. The van der Waals surface area contributed by atoms with Gasteiger partial charge in [-0.1, -0.05) is 6.07 Å². The Morgan fingerprint density at radius 2 is 1.87 bits per heavy atom. The summed E-state index contributed by atoms with van der Waals surface area (Å²) in [6.45, 7) is 0.581. The summed E-state index contributed by atoms with van der Waals surface area (Å²) >= 11 is 0. The molecule has 0 unspecified atom stereocenters. The molecule has 0 saturated heterocycles. The van der Waals surface area contributed by atoms with Crippen LogP contribution in [0.5, 0.6) is 11.5 Å². The van der Waals surface area contributed by atoms with E-state index in [1.807, 2.05) is 30.3 Å². The molecule has 1 aromatic carbocycles. The standard InChI is InChI=1S/C18H22N2O3/c1-22-16-5-4-15(17(13-16)23-2)9-12-20-18(21)6-3-14-7-10-19-11-8-14/h4-5,7-8,10-11,13H,3,6,9,12H2,1-2H3,(H,20,21). The number of nitrogens with one attached hydrogen (secondary N) is 1. The number of aromatic nitrogens is 1. The van der Waals surface area contributed by atoms with Crippen LogP contribution in [0.3, 0.4) is 0 Å². The molecule has 1 heterocycles. The summed E-state index contributed by atoms with van der Waals surface area (Å²) in [5.74, 6) is 1.58. The van der Waals surface area contributed by atoms with Crippen LogP contribution in [0.2, 0.25) is 0 Å². The van der Waals surface area contributed by atoms with Crippen molar-refractivity contribution in [3.05, 3.63) is 53.9 Å². The van der Waals surface area contributed by atoms with Crippen LogP contribution in [0.15, 0.2) is 42.7 Å². The molecule has 0 bridgehead atoms. The predicted octanol–water partition coefficient (Wildman–Crippen LogP) is 2.39. The van der Waals surface area contributed by atoms with Crippen molar-refractivity contribution in [2.24, 2.45) is 0 Å². The van der Waals surface area contributed by atoms with Gasteiger partial charge in [-0.05, 0) is 42.2 Å². The number of amides is 1. The van der Waals surface area contributed by atoms with E-state index in [1.54, 1.807) is 26.6 Å². The molecule has 0 aliphatic heterocycles. The monoisotopic (exact) mass is 314 g/mol. The highest BCUT2D eigenvalue weighted by Crippen LogP contribution is 2.24. The SMILES string of the molecule is COc1ccc(CCNC(=O)CCc2ccncc2)c(OC)c1. The second-order valence-electron chi connectivity index (χ2n) is 5.13. The molecule has 1 N–H and O–H groups in total. The third-order valence-corrected chi connectivity index (χ3v) is 3.60. The van der Waals surface area contributed by atoms with Gasteiger partial charge in [0.15, 0.2) is 0 Å². The third kappa shape index (κ3) is 5.29. The quantitative estimate of drug-likeness (QED) is 0.813. The molecule has 23 heavy (non-hydrogen) atoms.